The fourth-order valence-corrected chi connectivity index (χ4v) is 4.11. The summed E-state index contributed by atoms with van der Waals surface area (Å²) < 4.78 is 22.5. The average molecular weight is 439 g/mol. The van der Waals surface area contributed by atoms with Crippen LogP contribution in [0, 0.1) is 0 Å². The second-order valence-electron chi connectivity index (χ2n) is 8.10. The van der Waals surface area contributed by atoms with E-state index in [1.807, 2.05) is 0 Å². The van der Waals surface area contributed by atoms with Gasteiger partial charge in [0.25, 0.3) is 0 Å². The Bertz CT molecular complexity index is 562. The molecular formula is C17H33N3O10. The van der Waals surface area contributed by atoms with Crippen molar-refractivity contribution in [3.05, 3.63) is 0 Å². The van der Waals surface area contributed by atoms with Crippen molar-refractivity contribution in [1.82, 2.24) is 0 Å². The molecule has 1 saturated carbocycles. The first kappa shape index (κ1) is 24.1. The first-order chi connectivity index (χ1) is 14.2. The van der Waals surface area contributed by atoms with Gasteiger partial charge in [-0.3, -0.25) is 0 Å². The van der Waals surface area contributed by atoms with Gasteiger partial charge in [-0.15, -0.1) is 0 Å². The van der Waals surface area contributed by atoms with Crippen molar-refractivity contribution in [2.24, 2.45) is 17.2 Å². The van der Waals surface area contributed by atoms with Crippen molar-refractivity contribution in [1.29, 1.82) is 0 Å². The number of rotatable bonds is 6. The Kier molecular flexibility index (Phi) is 8.01. The minimum atomic E-state index is -1.48. The largest absolute Gasteiger partial charge is 0.394 e. The number of aliphatic hydroxyl groups excluding tert-OH is 6. The normalized spacial score (nSPS) is 52.5. The number of hydrogen-bond acceptors (Lipinski definition) is 13. The third-order valence-corrected chi connectivity index (χ3v) is 5.93. The molecule has 0 aromatic carbocycles. The standard InChI is InChI=1S/C17H33N3O10/c18-3-8-12(24)7(22)2-10(27-8)29-15-6(20)1-5(19)11(23)16(15)30-17-14(26)13(25)9(4-21)28-17/h5-17,21-26H,1-4,18-20H2/t5?,6?,7-,8?,9-,10-,11-,12+,13+,14?,15?,16-,17+/m1/s1. The summed E-state index contributed by atoms with van der Waals surface area (Å²) in [5, 5.41) is 59.9. The zero-order chi connectivity index (χ0) is 22.2. The zero-order valence-electron chi connectivity index (χ0n) is 16.4. The van der Waals surface area contributed by atoms with E-state index >= 15 is 0 Å². The van der Waals surface area contributed by atoms with Crippen molar-refractivity contribution >= 4 is 0 Å². The molecule has 13 heteroatoms. The van der Waals surface area contributed by atoms with Crippen LogP contribution in [0.5, 0.6) is 0 Å². The maximum Gasteiger partial charge on any atom is 0.187 e. The molecule has 3 fully saturated rings. The molecular weight excluding hydrogens is 406 g/mol. The van der Waals surface area contributed by atoms with Crippen molar-refractivity contribution in [3.8, 4) is 0 Å². The van der Waals surface area contributed by atoms with Crippen LogP contribution in [0.1, 0.15) is 12.8 Å². The van der Waals surface area contributed by atoms with E-state index in [2.05, 4.69) is 0 Å². The summed E-state index contributed by atoms with van der Waals surface area (Å²) in [4.78, 5) is 0. The van der Waals surface area contributed by atoms with Gasteiger partial charge >= 0.3 is 0 Å². The molecule has 3 rings (SSSR count). The summed E-state index contributed by atoms with van der Waals surface area (Å²) in [6.07, 6.45) is -12.7. The fourth-order valence-electron chi connectivity index (χ4n) is 4.11. The molecule has 0 aromatic rings. The van der Waals surface area contributed by atoms with Gasteiger partial charge in [-0.1, -0.05) is 0 Å². The van der Waals surface area contributed by atoms with Crippen molar-refractivity contribution < 1.29 is 49.6 Å². The molecule has 12 N–H and O–H groups in total. The molecule has 1 aliphatic carbocycles. The Morgan fingerprint density at radius 3 is 2.07 bits per heavy atom. The maximum absolute atomic E-state index is 10.6. The summed E-state index contributed by atoms with van der Waals surface area (Å²) in [6, 6.07) is -1.45. The molecule has 176 valence electrons. The van der Waals surface area contributed by atoms with E-state index in [1.165, 1.54) is 0 Å². The Balaban J connectivity index is 1.73. The highest BCUT2D eigenvalue weighted by Crippen LogP contribution is 2.32. The van der Waals surface area contributed by atoms with Gasteiger partial charge in [-0.05, 0) is 6.42 Å². The Morgan fingerprint density at radius 2 is 1.47 bits per heavy atom. The van der Waals surface area contributed by atoms with Gasteiger partial charge in [-0.2, -0.15) is 0 Å². The molecule has 0 spiro atoms. The van der Waals surface area contributed by atoms with E-state index in [9.17, 15) is 30.6 Å². The van der Waals surface area contributed by atoms with Gasteiger partial charge < -0.3 is 66.8 Å². The highest BCUT2D eigenvalue weighted by Gasteiger charge is 2.50. The molecule has 0 amide bonds. The van der Waals surface area contributed by atoms with Crippen LogP contribution < -0.4 is 17.2 Å². The summed E-state index contributed by atoms with van der Waals surface area (Å²) in [5.41, 5.74) is 17.7. The third kappa shape index (κ3) is 4.78. The molecule has 0 aromatic heterocycles. The van der Waals surface area contributed by atoms with E-state index in [0.717, 1.165) is 0 Å². The first-order valence-electron chi connectivity index (χ1n) is 10.0. The van der Waals surface area contributed by atoms with Crippen molar-refractivity contribution in [2.75, 3.05) is 13.2 Å². The number of hydrogen-bond donors (Lipinski definition) is 9. The minimum absolute atomic E-state index is 0.0508. The quantitative estimate of drug-likeness (QED) is 0.188. The lowest BCUT2D eigenvalue weighted by Gasteiger charge is -2.45. The van der Waals surface area contributed by atoms with E-state index in [-0.39, 0.29) is 19.4 Å². The van der Waals surface area contributed by atoms with E-state index in [0.29, 0.717) is 0 Å². The predicted octanol–water partition coefficient (Wildman–Crippen LogP) is -5.59. The monoisotopic (exact) mass is 439 g/mol. The number of nitrogens with two attached hydrogens (primary N) is 3. The van der Waals surface area contributed by atoms with Crippen LogP contribution in [0.15, 0.2) is 0 Å². The van der Waals surface area contributed by atoms with Gasteiger partial charge in [0.15, 0.2) is 12.6 Å². The molecule has 13 atom stereocenters. The summed E-state index contributed by atoms with van der Waals surface area (Å²) in [6.45, 7) is -0.592. The molecule has 30 heavy (non-hydrogen) atoms. The Labute approximate surface area is 173 Å². The van der Waals surface area contributed by atoms with Gasteiger partial charge in [-0.25, -0.2) is 0 Å². The molecule has 2 saturated heterocycles. The first-order valence-corrected chi connectivity index (χ1v) is 10.0. The van der Waals surface area contributed by atoms with Crippen LogP contribution in [0.2, 0.25) is 0 Å². The zero-order valence-corrected chi connectivity index (χ0v) is 16.4. The van der Waals surface area contributed by atoms with Gasteiger partial charge in [0, 0.05) is 25.0 Å². The SMILES string of the molecule is NCC1O[C@H](OC2C(N)CC(N)[C@@H](O)[C@H]2O[C@@H]2O[C@H](CO)[C@H](O)C2O)C[C@@H](O)[C@@H]1O. The second-order valence-corrected chi connectivity index (χ2v) is 8.10. The van der Waals surface area contributed by atoms with Gasteiger partial charge in [0.05, 0.1) is 18.8 Å². The second kappa shape index (κ2) is 9.95. The van der Waals surface area contributed by atoms with Crippen LogP contribution in [0.3, 0.4) is 0 Å². The van der Waals surface area contributed by atoms with Gasteiger partial charge in [0.1, 0.15) is 42.7 Å². The van der Waals surface area contributed by atoms with Crippen LogP contribution in [-0.2, 0) is 18.9 Å². The van der Waals surface area contributed by atoms with Crippen LogP contribution >= 0.6 is 0 Å². The minimum Gasteiger partial charge on any atom is -0.394 e. The lowest BCUT2D eigenvalue weighted by Crippen LogP contribution is -2.65. The lowest BCUT2D eigenvalue weighted by molar-refractivity contribution is -0.301. The number of ether oxygens (including phenoxy) is 4. The molecule has 0 bridgehead atoms. The molecule has 3 aliphatic rings. The van der Waals surface area contributed by atoms with E-state index < -0.39 is 86.2 Å². The molecule has 0 radical (unpaired) electrons. The highest BCUT2D eigenvalue weighted by atomic mass is 16.7. The van der Waals surface area contributed by atoms with E-state index in [1.54, 1.807) is 0 Å². The summed E-state index contributed by atoms with van der Waals surface area (Å²) in [7, 11) is 0. The maximum atomic E-state index is 10.6. The van der Waals surface area contributed by atoms with Crippen molar-refractivity contribution in [3.63, 3.8) is 0 Å². The smallest absolute Gasteiger partial charge is 0.187 e. The molecule has 2 aliphatic heterocycles. The number of aliphatic hydroxyl groups is 6. The average Bonchev–Trinajstić information content (AvgIpc) is 2.98. The molecule has 5 unspecified atom stereocenters. The van der Waals surface area contributed by atoms with E-state index in [4.69, 9.17) is 36.1 Å². The van der Waals surface area contributed by atoms with Crippen LogP contribution in [0.4, 0.5) is 0 Å². The predicted molar refractivity (Wildman–Crippen MR) is 98.4 cm³/mol. The highest BCUT2D eigenvalue weighted by molar-refractivity contribution is 5.00. The van der Waals surface area contributed by atoms with Crippen LogP contribution in [-0.4, -0.2) is 123 Å². The van der Waals surface area contributed by atoms with Crippen LogP contribution in [0.25, 0.3) is 0 Å². The molecule has 2 heterocycles. The Hall–Kier alpha value is -0.520. The summed E-state index contributed by atoms with van der Waals surface area (Å²) in [5.74, 6) is 0. The Morgan fingerprint density at radius 1 is 0.767 bits per heavy atom. The third-order valence-electron chi connectivity index (χ3n) is 5.93. The topological polar surface area (TPSA) is 236 Å². The van der Waals surface area contributed by atoms with Gasteiger partial charge in [0.2, 0.25) is 0 Å². The lowest BCUT2D eigenvalue weighted by atomic mass is 9.84. The summed E-state index contributed by atoms with van der Waals surface area (Å²) >= 11 is 0. The van der Waals surface area contributed by atoms with Crippen molar-refractivity contribution in [2.45, 2.75) is 92.4 Å². The fraction of sp³-hybridized carbons (Fsp3) is 1.00. The molecule has 13 nitrogen and oxygen atoms in total.